The van der Waals surface area contributed by atoms with Crippen LogP contribution in [0.3, 0.4) is 0 Å². The van der Waals surface area contributed by atoms with E-state index in [2.05, 4.69) is 16.3 Å². The number of nitrogens with zero attached hydrogens (tertiary/aromatic N) is 2. The molecule has 0 bridgehead atoms. The summed E-state index contributed by atoms with van der Waals surface area (Å²) < 4.78 is 5.77. The molecule has 1 aromatic rings. The van der Waals surface area contributed by atoms with Crippen LogP contribution in [0.25, 0.3) is 0 Å². The number of nitrogens with one attached hydrogen (secondary N) is 1. The number of benzene rings is 1. The van der Waals surface area contributed by atoms with Gasteiger partial charge in [-0.1, -0.05) is 12.8 Å². The van der Waals surface area contributed by atoms with Crippen LogP contribution in [0.1, 0.15) is 32.6 Å². The van der Waals surface area contributed by atoms with Gasteiger partial charge in [-0.3, -0.25) is 9.59 Å². The number of likely N-dealkylation sites (N-methyl/N-ethyl adjacent to an activating group) is 1. The van der Waals surface area contributed by atoms with E-state index >= 15 is 0 Å². The molecule has 0 aliphatic carbocycles. The average molecular weight is 331 g/mol. The third-order valence-electron chi connectivity index (χ3n) is 4.69. The van der Waals surface area contributed by atoms with E-state index in [4.69, 9.17) is 4.74 Å². The number of carbonyl (C=O) groups excluding carboxylic acids is 2. The number of hydrogen-bond donors (Lipinski definition) is 1. The van der Waals surface area contributed by atoms with Gasteiger partial charge in [0.15, 0.2) is 0 Å². The minimum absolute atomic E-state index is 0.152. The maximum Gasteiger partial charge on any atom is 0.252 e. The Hall–Kier alpha value is -2.24. The zero-order chi connectivity index (χ0) is 17.1. The highest BCUT2D eigenvalue weighted by molar-refractivity contribution is 6.00. The van der Waals surface area contributed by atoms with E-state index in [1.807, 2.05) is 12.1 Å². The first-order chi connectivity index (χ1) is 11.6. The molecule has 2 amide bonds. The van der Waals surface area contributed by atoms with Crippen molar-refractivity contribution in [3.8, 4) is 5.75 Å². The van der Waals surface area contributed by atoms with Gasteiger partial charge in [-0.15, -0.1) is 0 Å². The van der Waals surface area contributed by atoms with Gasteiger partial charge in [-0.05, 0) is 31.0 Å². The van der Waals surface area contributed by atoms with Crippen molar-refractivity contribution in [1.82, 2.24) is 5.32 Å². The quantitative estimate of drug-likeness (QED) is 0.899. The maximum atomic E-state index is 12.6. The second-order valence-electron chi connectivity index (χ2n) is 6.51. The Bertz CT molecular complexity index is 624. The summed E-state index contributed by atoms with van der Waals surface area (Å²) in [5, 5.41) is 2.66. The largest absolute Gasteiger partial charge is 0.489 e. The molecule has 2 aliphatic rings. The van der Waals surface area contributed by atoms with E-state index in [0.717, 1.165) is 24.5 Å². The van der Waals surface area contributed by atoms with E-state index in [-0.39, 0.29) is 18.4 Å². The summed E-state index contributed by atoms with van der Waals surface area (Å²) in [6, 6.07) is 5.35. The van der Waals surface area contributed by atoms with Crippen molar-refractivity contribution in [2.45, 2.75) is 38.6 Å². The highest BCUT2D eigenvalue weighted by atomic mass is 16.5. The molecule has 6 heteroatoms. The summed E-state index contributed by atoms with van der Waals surface area (Å²) >= 11 is 0. The van der Waals surface area contributed by atoms with Gasteiger partial charge < -0.3 is 19.9 Å². The molecule has 1 saturated heterocycles. The number of amides is 2. The van der Waals surface area contributed by atoms with Gasteiger partial charge in [0, 0.05) is 32.7 Å². The summed E-state index contributed by atoms with van der Waals surface area (Å²) in [6.45, 7) is 3.65. The first-order valence-electron chi connectivity index (χ1n) is 8.63. The minimum atomic E-state index is -0.651. The van der Waals surface area contributed by atoms with E-state index < -0.39 is 6.04 Å². The lowest BCUT2D eigenvalue weighted by Crippen LogP contribution is -2.48. The van der Waals surface area contributed by atoms with Gasteiger partial charge in [-0.25, -0.2) is 0 Å². The van der Waals surface area contributed by atoms with Crippen molar-refractivity contribution < 1.29 is 14.3 Å². The number of hydrogen-bond acceptors (Lipinski definition) is 4. The monoisotopic (exact) mass is 331 g/mol. The fourth-order valence-corrected chi connectivity index (χ4v) is 3.36. The highest BCUT2D eigenvalue weighted by Crippen LogP contribution is 2.35. The third-order valence-corrected chi connectivity index (χ3v) is 4.69. The molecule has 1 fully saturated rings. The third kappa shape index (κ3) is 3.47. The van der Waals surface area contributed by atoms with Gasteiger partial charge in [0.25, 0.3) is 5.91 Å². The van der Waals surface area contributed by atoms with Crippen molar-refractivity contribution in [3.05, 3.63) is 18.2 Å². The lowest BCUT2D eigenvalue weighted by atomic mass is 10.2. The van der Waals surface area contributed by atoms with Crippen LogP contribution in [0.4, 0.5) is 11.4 Å². The number of fused-ring (bicyclic) bond motifs is 1. The molecule has 1 unspecified atom stereocenters. The standard InChI is InChI=1S/C18H25N3O3/c1-13(22)19-15-12-24-17-8-7-14(11-16(17)20(2)18(15)23)21-9-5-3-4-6-10-21/h7-8,11,15H,3-6,9-10,12H2,1-2H3,(H,19,22). The predicted molar refractivity (Wildman–Crippen MR) is 93.6 cm³/mol. The Balaban J connectivity index is 1.85. The van der Waals surface area contributed by atoms with E-state index in [1.54, 1.807) is 11.9 Å². The molecule has 2 aliphatic heterocycles. The molecule has 24 heavy (non-hydrogen) atoms. The zero-order valence-corrected chi connectivity index (χ0v) is 14.4. The first-order valence-corrected chi connectivity index (χ1v) is 8.63. The van der Waals surface area contributed by atoms with Gasteiger partial charge in [-0.2, -0.15) is 0 Å². The fraction of sp³-hybridized carbons (Fsp3) is 0.556. The molecule has 2 heterocycles. The topological polar surface area (TPSA) is 61.9 Å². The molecular formula is C18H25N3O3. The summed E-state index contributed by atoms with van der Waals surface area (Å²) in [6.07, 6.45) is 4.96. The van der Waals surface area contributed by atoms with Crippen molar-refractivity contribution in [2.24, 2.45) is 0 Å². The normalized spacial score (nSPS) is 21.4. The molecule has 1 N–H and O–H groups in total. The van der Waals surface area contributed by atoms with Gasteiger partial charge >= 0.3 is 0 Å². The molecule has 0 spiro atoms. The predicted octanol–water partition coefficient (Wildman–Crippen LogP) is 1.93. The minimum Gasteiger partial charge on any atom is -0.489 e. The molecule has 130 valence electrons. The summed E-state index contributed by atoms with van der Waals surface area (Å²) in [7, 11) is 1.73. The lowest BCUT2D eigenvalue weighted by molar-refractivity contribution is -0.126. The summed E-state index contributed by atoms with van der Waals surface area (Å²) in [5.74, 6) is 0.288. The van der Waals surface area contributed by atoms with Crippen LogP contribution in [0.15, 0.2) is 18.2 Å². The molecule has 0 aromatic heterocycles. The number of rotatable bonds is 2. The van der Waals surface area contributed by atoms with Gasteiger partial charge in [0.1, 0.15) is 18.4 Å². The smallest absolute Gasteiger partial charge is 0.252 e. The van der Waals surface area contributed by atoms with Crippen molar-refractivity contribution in [3.63, 3.8) is 0 Å². The lowest BCUT2D eigenvalue weighted by Gasteiger charge is -2.25. The van der Waals surface area contributed by atoms with Crippen LogP contribution in [0.5, 0.6) is 5.75 Å². The molecule has 3 rings (SSSR count). The van der Waals surface area contributed by atoms with Gasteiger partial charge in [0.05, 0.1) is 5.69 Å². The van der Waals surface area contributed by atoms with E-state index in [1.165, 1.54) is 32.6 Å². The first kappa shape index (κ1) is 16.6. The summed E-state index contributed by atoms with van der Waals surface area (Å²) in [4.78, 5) is 27.9. The molecule has 1 aromatic carbocycles. The molecule has 0 radical (unpaired) electrons. The van der Waals surface area contributed by atoms with Crippen LogP contribution in [-0.4, -0.2) is 44.6 Å². The van der Waals surface area contributed by atoms with Crippen LogP contribution in [0, 0.1) is 0 Å². The molecular weight excluding hydrogens is 306 g/mol. The average Bonchev–Trinajstić information content (AvgIpc) is 2.90. The van der Waals surface area contributed by atoms with Crippen LogP contribution in [0.2, 0.25) is 0 Å². The second kappa shape index (κ2) is 7.11. The van der Waals surface area contributed by atoms with Crippen LogP contribution < -0.4 is 19.9 Å². The SMILES string of the molecule is CC(=O)NC1COc2ccc(N3CCCCCC3)cc2N(C)C1=O. The van der Waals surface area contributed by atoms with Crippen molar-refractivity contribution in [1.29, 1.82) is 0 Å². The Morgan fingerprint density at radius 1 is 1.21 bits per heavy atom. The molecule has 1 atom stereocenters. The van der Waals surface area contributed by atoms with E-state index in [9.17, 15) is 9.59 Å². The number of ether oxygens (including phenoxy) is 1. The second-order valence-corrected chi connectivity index (χ2v) is 6.51. The summed E-state index contributed by atoms with van der Waals surface area (Å²) in [5.41, 5.74) is 1.88. The molecule has 6 nitrogen and oxygen atoms in total. The van der Waals surface area contributed by atoms with Crippen molar-refractivity contribution in [2.75, 3.05) is 36.5 Å². The van der Waals surface area contributed by atoms with Gasteiger partial charge in [0.2, 0.25) is 5.91 Å². The Kier molecular flexibility index (Phi) is 4.92. The number of anilines is 2. The number of carbonyl (C=O) groups is 2. The maximum absolute atomic E-state index is 12.6. The Morgan fingerprint density at radius 3 is 2.58 bits per heavy atom. The van der Waals surface area contributed by atoms with Crippen LogP contribution in [-0.2, 0) is 9.59 Å². The van der Waals surface area contributed by atoms with E-state index in [0.29, 0.717) is 5.75 Å². The highest BCUT2D eigenvalue weighted by Gasteiger charge is 2.30. The Labute approximate surface area is 142 Å². The van der Waals surface area contributed by atoms with Crippen LogP contribution >= 0.6 is 0 Å². The van der Waals surface area contributed by atoms with Crippen molar-refractivity contribution >= 4 is 23.2 Å². The zero-order valence-electron chi connectivity index (χ0n) is 14.4. The molecule has 0 saturated carbocycles. The fourth-order valence-electron chi connectivity index (χ4n) is 3.36. The Morgan fingerprint density at radius 2 is 1.92 bits per heavy atom.